The molecule has 83 valence electrons. The van der Waals surface area contributed by atoms with Gasteiger partial charge in [0.15, 0.2) is 17.0 Å². The SMILES string of the molecule is O[B]Oc1cccc2c1oc1c(F)cccc12. The van der Waals surface area contributed by atoms with Crippen molar-refractivity contribution in [1.82, 2.24) is 0 Å². The number of halogens is 1. The lowest BCUT2D eigenvalue weighted by atomic mass is 10.1. The fraction of sp³-hybridized carbons (Fsp3) is 0. The second-order valence-electron chi connectivity index (χ2n) is 3.57. The van der Waals surface area contributed by atoms with Gasteiger partial charge in [0.1, 0.15) is 5.75 Å². The van der Waals surface area contributed by atoms with Crippen molar-refractivity contribution in [2.45, 2.75) is 0 Å². The molecule has 5 heteroatoms. The molecule has 1 heterocycles. The van der Waals surface area contributed by atoms with Crippen molar-refractivity contribution < 1.29 is 18.5 Å². The summed E-state index contributed by atoms with van der Waals surface area (Å²) in [7, 11) is 0.568. The van der Waals surface area contributed by atoms with E-state index in [-0.39, 0.29) is 5.58 Å². The first-order valence-corrected chi connectivity index (χ1v) is 5.03. The third-order valence-corrected chi connectivity index (χ3v) is 2.62. The molecule has 0 atom stereocenters. The zero-order valence-corrected chi connectivity index (χ0v) is 8.68. The third kappa shape index (κ3) is 1.47. The molecule has 3 rings (SSSR count). The maximum atomic E-state index is 13.6. The van der Waals surface area contributed by atoms with E-state index >= 15 is 0 Å². The molecular weight excluding hydrogens is 222 g/mol. The highest BCUT2D eigenvalue weighted by Crippen LogP contribution is 2.35. The predicted octanol–water partition coefficient (Wildman–Crippen LogP) is 2.63. The van der Waals surface area contributed by atoms with Crippen molar-refractivity contribution in [2.75, 3.05) is 0 Å². The van der Waals surface area contributed by atoms with Gasteiger partial charge in [0.05, 0.1) is 0 Å². The lowest BCUT2D eigenvalue weighted by Crippen LogP contribution is -1.99. The molecular formula is C12H7BFO3. The van der Waals surface area contributed by atoms with E-state index in [1.807, 2.05) is 6.07 Å². The molecule has 0 spiro atoms. The van der Waals surface area contributed by atoms with E-state index in [2.05, 4.69) is 0 Å². The Hall–Kier alpha value is -2.01. The highest BCUT2D eigenvalue weighted by atomic mass is 19.1. The Morgan fingerprint density at radius 2 is 1.76 bits per heavy atom. The standard InChI is InChI=1S/C12H7BFO3/c14-9-5-1-3-7-8-4-2-6-10(17-13-15)12(8)16-11(7)9/h1-6,15H. The molecule has 17 heavy (non-hydrogen) atoms. The number of furan rings is 1. The Morgan fingerprint density at radius 1 is 1.06 bits per heavy atom. The van der Waals surface area contributed by atoms with Crippen LogP contribution < -0.4 is 4.65 Å². The van der Waals surface area contributed by atoms with Gasteiger partial charge in [-0.1, -0.05) is 24.3 Å². The number of rotatable bonds is 2. The zero-order chi connectivity index (χ0) is 11.8. The first-order chi connectivity index (χ1) is 8.31. The molecule has 0 aliphatic rings. The number of para-hydroxylation sites is 2. The molecule has 0 aliphatic heterocycles. The van der Waals surface area contributed by atoms with Crippen LogP contribution in [-0.2, 0) is 0 Å². The first-order valence-electron chi connectivity index (χ1n) is 5.03. The van der Waals surface area contributed by atoms with Crippen LogP contribution in [0.5, 0.6) is 5.75 Å². The van der Waals surface area contributed by atoms with Crippen molar-refractivity contribution in [3.8, 4) is 5.75 Å². The largest absolute Gasteiger partial charge is 0.569 e. The van der Waals surface area contributed by atoms with Gasteiger partial charge in [0.2, 0.25) is 0 Å². The molecule has 1 radical (unpaired) electrons. The number of hydrogen-bond donors (Lipinski definition) is 1. The summed E-state index contributed by atoms with van der Waals surface area (Å²) in [6.45, 7) is 0. The highest BCUT2D eigenvalue weighted by molar-refractivity contribution is 6.18. The van der Waals surface area contributed by atoms with Gasteiger partial charge in [-0.05, 0) is 12.1 Å². The van der Waals surface area contributed by atoms with Gasteiger partial charge in [-0.25, -0.2) is 4.39 Å². The average molecular weight is 229 g/mol. The predicted molar refractivity (Wildman–Crippen MR) is 62.3 cm³/mol. The molecule has 0 saturated carbocycles. The van der Waals surface area contributed by atoms with Gasteiger partial charge < -0.3 is 14.1 Å². The molecule has 0 aliphatic carbocycles. The van der Waals surface area contributed by atoms with Crippen LogP contribution in [0.4, 0.5) is 4.39 Å². The van der Waals surface area contributed by atoms with Gasteiger partial charge in [0, 0.05) is 10.8 Å². The smallest absolute Gasteiger partial charge is 0.535 e. The van der Waals surface area contributed by atoms with Crippen LogP contribution in [0.1, 0.15) is 0 Å². The van der Waals surface area contributed by atoms with Gasteiger partial charge in [-0.3, -0.25) is 0 Å². The first kappa shape index (κ1) is 10.2. The number of hydrogen-bond acceptors (Lipinski definition) is 3. The molecule has 0 bridgehead atoms. The average Bonchev–Trinajstić information content (AvgIpc) is 2.71. The van der Waals surface area contributed by atoms with Gasteiger partial charge in [0.25, 0.3) is 0 Å². The number of benzene rings is 2. The topological polar surface area (TPSA) is 42.6 Å². The van der Waals surface area contributed by atoms with Crippen LogP contribution >= 0.6 is 0 Å². The molecule has 2 aromatic carbocycles. The van der Waals surface area contributed by atoms with Crippen molar-refractivity contribution >= 4 is 29.6 Å². The van der Waals surface area contributed by atoms with Crippen molar-refractivity contribution in [3.05, 3.63) is 42.2 Å². The lowest BCUT2D eigenvalue weighted by Gasteiger charge is -2.00. The summed E-state index contributed by atoms with van der Waals surface area (Å²) in [6, 6.07) is 9.93. The minimum Gasteiger partial charge on any atom is -0.535 e. The maximum Gasteiger partial charge on any atom is 0.569 e. The molecule has 3 aromatic rings. The summed E-state index contributed by atoms with van der Waals surface area (Å²) in [6.07, 6.45) is 0. The van der Waals surface area contributed by atoms with Crippen LogP contribution in [0.2, 0.25) is 0 Å². The van der Waals surface area contributed by atoms with Crippen LogP contribution in [0.15, 0.2) is 40.8 Å². The van der Waals surface area contributed by atoms with E-state index in [0.29, 0.717) is 24.4 Å². The van der Waals surface area contributed by atoms with E-state index in [0.717, 1.165) is 5.39 Å². The fourth-order valence-electron chi connectivity index (χ4n) is 1.91. The molecule has 0 fully saturated rings. The Balaban J connectivity index is 2.42. The molecule has 3 nitrogen and oxygen atoms in total. The molecule has 0 amide bonds. The monoisotopic (exact) mass is 229 g/mol. The quantitative estimate of drug-likeness (QED) is 0.686. The Bertz CT molecular complexity index is 693. The molecule has 1 aromatic heterocycles. The van der Waals surface area contributed by atoms with Crippen LogP contribution in [0, 0.1) is 5.82 Å². The molecule has 0 unspecified atom stereocenters. The summed E-state index contributed by atoms with van der Waals surface area (Å²) in [5, 5.41) is 10.1. The van der Waals surface area contributed by atoms with Crippen LogP contribution in [0.25, 0.3) is 21.9 Å². The Morgan fingerprint density at radius 3 is 2.53 bits per heavy atom. The summed E-state index contributed by atoms with van der Waals surface area (Å²) >= 11 is 0. The van der Waals surface area contributed by atoms with E-state index in [1.165, 1.54) is 6.07 Å². The fourth-order valence-corrected chi connectivity index (χ4v) is 1.91. The summed E-state index contributed by atoms with van der Waals surface area (Å²) in [4.78, 5) is 0. The van der Waals surface area contributed by atoms with Gasteiger partial charge >= 0.3 is 7.69 Å². The molecule has 1 N–H and O–H groups in total. The summed E-state index contributed by atoms with van der Waals surface area (Å²) in [5.41, 5.74) is 0.606. The van der Waals surface area contributed by atoms with Crippen molar-refractivity contribution in [3.63, 3.8) is 0 Å². The van der Waals surface area contributed by atoms with Crippen molar-refractivity contribution in [2.24, 2.45) is 0 Å². The maximum absolute atomic E-state index is 13.6. The number of fused-ring (bicyclic) bond motifs is 3. The lowest BCUT2D eigenvalue weighted by molar-refractivity contribution is 0.450. The minimum atomic E-state index is -0.419. The minimum absolute atomic E-state index is 0.191. The third-order valence-electron chi connectivity index (χ3n) is 2.62. The normalized spacial score (nSPS) is 10.9. The van der Waals surface area contributed by atoms with E-state index < -0.39 is 5.82 Å². The van der Waals surface area contributed by atoms with Crippen LogP contribution in [0.3, 0.4) is 0 Å². The highest BCUT2D eigenvalue weighted by Gasteiger charge is 2.13. The zero-order valence-electron chi connectivity index (χ0n) is 8.68. The summed E-state index contributed by atoms with van der Waals surface area (Å²) in [5.74, 6) is -0.0711. The second kappa shape index (κ2) is 3.78. The van der Waals surface area contributed by atoms with E-state index in [9.17, 15) is 4.39 Å². The van der Waals surface area contributed by atoms with Crippen molar-refractivity contribution in [1.29, 1.82) is 0 Å². The van der Waals surface area contributed by atoms with Crippen LogP contribution in [-0.4, -0.2) is 12.7 Å². The summed E-state index contributed by atoms with van der Waals surface area (Å²) < 4.78 is 23.9. The van der Waals surface area contributed by atoms with E-state index in [1.54, 1.807) is 24.3 Å². The molecule has 0 saturated heterocycles. The van der Waals surface area contributed by atoms with Gasteiger partial charge in [-0.2, -0.15) is 0 Å². The Kier molecular flexibility index (Phi) is 2.26. The van der Waals surface area contributed by atoms with Gasteiger partial charge in [-0.15, -0.1) is 0 Å². The van der Waals surface area contributed by atoms with E-state index in [4.69, 9.17) is 14.1 Å². The Labute approximate surface area is 96.7 Å². The second-order valence-corrected chi connectivity index (χ2v) is 3.57.